The first-order valence-electron chi connectivity index (χ1n) is 9.49. The van der Waals surface area contributed by atoms with Crippen molar-refractivity contribution in [1.29, 1.82) is 0 Å². The fourth-order valence-electron chi connectivity index (χ4n) is 2.59. The molecule has 0 radical (unpaired) electrons. The van der Waals surface area contributed by atoms with E-state index in [2.05, 4.69) is 47.9 Å². The number of furan rings is 1. The second-order valence-corrected chi connectivity index (χ2v) is 6.59. The highest BCUT2D eigenvalue weighted by Gasteiger charge is 2.07. The molecule has 142 valence electrons. The summed E-state index contributed by atoms with van der Waals surface area (Å²) in [6, 6.07) is 4.30. The van der Waals surface area contributed by atoms with Gasteiger partial charge in [0.05, 0.1) is 12.8 Å². The van der Waals surface area contributed by atoms with E-state index in [1.54, 1.807) is 6.26 Å². The van der Waals surface area contributed by atoms with Crippen molar-refractivity contribution >= 4 is 5.96 Å². The van der Waals surface area contributed by atoms with Gasteiger partial charge >= 0.3 is 0 Å². The second kappa shape index (κ2) is 12.6. The van der Waals surface area contributed by atoms with E-state index in [-0.39, 0.29) is 0 Å². The Hall–Kier alpha value is -1.75. The van der Waals surface area contributed by atoms with Crippen molar-refractivity contribution < 1.29 is 4.42 Å². The van der Waals surface area contributed by atoms with E-state index < -0.39 is 0 Å². The van der Waals surface area contributed by atoms with Crippen LogP contribution in [0.2, 0.25) is 0 Å². The molecule has 0 bridgehead atoms. The van der Waals surface area contributed by atoms with Gasteiger partial charge < -0.3 is 20.0 Å². The lowest BCUT2D eigenvalue weighted by Gasteiger charge is -2.21. The van der Waals surface area contributed by atoms with Crippen molar-refractivity contribution in [3.63, 3.8) is 0 Å². The Labute approximate surface area is 153 Å². The quantitative estimate of drug-likeness (QED) is 0.345. The van der Waals surface area contributed by atoms with Crippen molar-refractivity contribution in [2.45, 2.75) is 53.0 Å². The predicted octanol–water partition coefficient (Wildman–Crippen LogP) is 3.44. The number of nitrogens with zero attached hydrogens (tertiary/aromatic N) is 2. The van der Waals surface area contributed by atoms with Gasteiger partial charge in [-0.3, -0.25) is 0 Å². The summed E-state index contributed by atoms with van der Waals surface area (Å²) in [5.41, 5.74) is 1.06. The smallest absolute Gasteiger partial charge is 0.191 e. The van der Waals surface area contributed by atoms with Gasteiger partial charge in [0, 0.05) is 19.0 Å². The molecule has 0 aromatic carbocycles. The van der Waals surface area contributed by atoms with E-state index in [1.165, 1.54) is 6.42 Å². The molecule has 0 aliphatic carbocycles. The van der Waals surface area contributed by atoms with E-state index in [0.29, 0.717) is 12.6 Å². The van der Waals surface area contributed by atoms with Crippen LogP contribution in [-0.2, 0) is 6.42 Å². The fourth-order valence-corrected chi connectivity index (χ4v) is 2.59. The lowest BCUT2D eigenvalue weighted by atomic mass is 10.2. The maximum Gasteiger partial charge on any atom is 0.191 e. The molecule has 1 unspecified atom stereocenters. The molecule has 0 aliphatic rings. The summed E-state index contributed by atoms with van der Waals surface area (Å²) in [5, 5.41) is 6.90. The molecule has 5 nitrogen and oxygen atoms in total. The topological polar surface area (TPSA) is 52.8 Å². The lowest BCUT2D eigenvalue weighted by molar-refractivity contribution is 0.292. The first kappa shape index (κ1) is 21.3. The molecule has 0 aliphatic heterocycles. The van der Waals surface area contributed by atoms with Crippen molar-refractivity contribution in [3.05, 3.63) is 36.3 Å². The van der Waals surface area contributed by atoms with Gasteiger partial charge in [-0.05, 0) is 58.5 Å². The van der Waals surface area contributed by atoms with Gasteiger partial charge in [-0.2, -0.15) is 0 Å². The molecular formula is C20H36N4O. The maximum atomic E-state index is 5.37. The first-order chi connectivity index (χ1) is 12.0. The molecule has 0 saturated heterocycles. The van der Waals surface area contributed by atoms with Crippen molar-refractivity contribution in [2.24, 2.45) is 4.99 Å². The van der Waals surface area contributed by atoms with Crippen molar-refractivity contribution in [3.8, 4) is 0 Å². The number of nitrogens with one attached hydrogen (secondary N) is 2. The highest BCUT2D eigenvalue weighted by Crippen LogP contribution is 2.01. The van der Waals surface area contributed by atoms with Gasteiger partial charge in [-0.25, -0.2) is 4.99 Å². The zero-order valence-electron chi connectivity index (χ0n) is 16.5. The Balaban J connectivity index is 2.40. The van der Waals surface area contributed by atoms with Crippen LogP contribution in [-0.4, -0.2) is 49.6 Å². The Morgan fingerprint density at radius 3 is 2.72 bits per heavy atom. The monoisotopic (exact) mass is 348 g/mol. The first-order valence-corrected chi connectivity index (χ1v) is 9.49. The van der Waals surface area contributed by atoms with Crippen LogP contribution in [0.4, 0.5) is 0 Å². The minimum absolute atomic E-state index is 0.385. The zero-order valence-corrected chi connectivity index (χ0v) is 16.5. The molecule has 1 rings (SSSR count). The van der Waals surface area contributed by atoms with E-state index >= 15 is 0 Å². The SMILES string of the molecule is C=C(C)CN=C(NCCc1ccco1)NC(C)CCCN(CC)CC. The predicted molar refractivity (Wildman–Crippen MR) is 107 cm³/mol. The lowest BCUT2D eigenvalue weighted by Crippen LogP contribution is -2.43. The summed E-state index contributed by atoms with van der Waals surface area (Å²) in [6.07, 6.45) is 4.87. The molecular weight excluding hydrogens is 312 g/mol. The van der Waals surface area contributed by atoms with E-state index in [1.807, 2.05) is 19.1 Å². The van der Waals surface area contributed by atoms with Gasteiger partial charge in [0.1, 0.15) is 5.76 Å². The average molecular weight is 349 g/mol. The average Bonchev–Trinajstić information content (AvgIpc) is 3.09. The molecule has 0 amide bonds. The Morgan fingerprint density at radius 1 is 1.36 bits per heavy atom. The van der Waals surface area contributed by atoms with Gasteiger partial charge in [-0.15, -0.1) is 0 Å². The highest BCUT2D eigenvalue weighted by atomic mass is 16.3. The second-order valence-electron chi connectivity index (χ2n) is 6.59. The molecule has 1 heterocycles. The number of hydrogen-bond acceptors (Lipinski definition) is 3. The summed E-state index contributed by atoms with van der Waals surface area (Å²) in [4.78, 5) is 7.07. The van der Waals surface area contributed by atoms with Crippen LogP contribution in [0.5, 0.6) is 0 Å². The van der Waals surface area contributed by atoms with Gasteiger partial charge in [-0.1, -0.05) is 26.0 Å². The molecule has 5 heteroatoms. The van der Waals surface area contributed by atoms with Crippen LogP contribution >= 0.6 is 0 Å². The third kappa shape index (κ3) is 9.97. The van der Waals surface area contributed by atoms with Crippen LogP contribution in [0.15, 0.2) is 40.0 Å². The van der Waals surface area contributed by atoms with Crippen LogP contribution in [0.25, 0.3) is 0 Å². The zero-order chi connectivity index (χ0) is 18.5. The van der Waals surface area contributed by atoms with E-state index in [9.17, 15) is 0 Å². The number of aliphatic imine (C=N–C) groups is 1. The Morgan fingerprint density at radius 2 is 2.12 bits per heavy atom. The highest BCUT2D eigenvalue weighted by molar-refractivity contribution is 5.80. The molecule has 1 aromatic heterocycles. The van der Waals surface area contributed by atoms with Crippen molar-refractivity contribution in [1.82, 2.24) is 15.5 Å². The summed E-state index contributed by atoms with van der Waals surface area (Å²) in [7, 11) is 0. The summed E-state index contributed by atoms with van der Waals surface area (Å²) in [5.74, 6) is 1.84. The third-order valence-corrected chi connectivity index (χ3v) is 4.14. The summed E-state index contributed by atoms with van der Waals surface area (Å²) in [6.45, 7) is 17.4. The Bertz CT molecular complexity index is 492. The van der Waals surface area contributed by atoms with Gasteiger partial charge in [0.25, 0.3) is 0 Å². The largest absolute Gasteiger partial charge is 0.469 e. The minimum atomic E-state index is 0.385. The van der Waals surface area contributed by atoms with Crippen LogP contribution in [0.3, 0.4) is 0 Å². The molecule has 25 heavy (non-hydrogen) atoms. The summed E-state index contributed by atoms with van der Waals surface area (Å²) >= 11 is 0. The summed E-state index contributed by atoms with van der Waals surface area (Å²) < 4.78 is 5.37. The Kier molecular flexibility index (Phi) is 10.7. The molecule has 0 fully saturated rings. The van der Waals surface area contributed by atoms with E-state index in [4.69, 9.17) is 4.42 Å². The van der Waals surface area contributed by atoms with Crippen LogP contribution in [0.1, 0.15) is 46.3 Å². The minimum Gasteiger partial charge on any atom is -0.469 e. The van der Waals surface area contributed by atoms with Crippen LogP contribution < -0.4 is 10.6 Å². The number of rotatable bonds is 12. The number of guanidine groups is 1. The van der Waals surface area contributed by atoms with Gasteiger partial charge in [0.15, 0.2) is 5.96 Å². The molecule has 1 aromatic rings. The standard InChI is InChI=1S/C20H36N4O/c1-6-24(7-2)14-8-10-18(5)23-20(22-16-17(3)4)21-13-12-19-11-9-15-25-19/h9,11,15,18H,3,6-8,10,12-14,16H2,1-2,4-5H3,(H2,21,22,23). The third-order valence-electron chi connectivity index (χ3n) is 4.14. The molecule has 1 atom stereocenters. The van der Waals surface area contributed by atoms with Crippen LogP contribution in [0, 0.1) is 0 Å². The molecule has 0 spiro atoms. The van der Waals surface area contributed by atoms with Gasteiger partial charge in [0.2, 0.25) is 0 Å². The maximum absolute atomic E-state index is 5.37. The van der Waals surface area contributed by atoms with E-state index in [0.717, 1.165) is 56.3 Å². The fraction of sp³-hybridized carbons (Fsp3) is 0.650. The normalized spacial score (nSPS) is 13.1. The number of hydrogen-bond donors (Lipinski definition) is 2. The molecule has 0 saturated carbocycles. The molecule has 2 N–H and O–H groups in total. The van der Waals surface area contributed by atoms with Crippen molar-refractivity contribution in [2.75, 3.05) is 32.7 Å².